The second-order valence-corrected chi connectivity index (χ2v) is 7.80. The molecule has 1 aliphatic heterocycles. The average molecular weight is 393 g/mol. The first-order valence-corrected chi connectivity index (χ1v) is 10.0. The van der Waals surface area contributed by atoms with Gasteiger partial charge in [-0.05, 0) is 69.5 Å². The average Bonchev–Trinajstić information content (AvgIpc) is 3.22. The molecule has 1 fully saturated rings. The van der Waals surface area contributed by atoms with Crippen molar-refractivity contribution in [1.29, 1.82) is 0 Å². The van der Waals surface area contributed by atoms with Gasteiger partial charge in [0.05, 0.1) is 19.0 Å². The van der Waals surface area contributed by atoms with Gasteiger partial charge in [0.2, 0.25) is 0 Å². The van der Waals surface area contributed by atoms with Crippen LogP contribution in [0.4, 0.5) is 0 Å². The number of ether oxygens (including phenoxy) is 1. The highest BCUT2D eigenvalue weighted by Gasteiger charge is 2.25. The van der Waals surface area contributed by atoms with Gasteiger partial charge >= 0.3 is 0 Å². The van der Waals surface area contributed by atoms with Crippen molar-refractivity contribution in [1.82, 2.24) is 25.0 Å². The normalized spacial score (nSPS) is 15.6. The smallest absolute Gasteiger partial charge is 0.278 e. The van der Waals surface area contributed by atoms with E-state index in [9.17, 15) is 0 Å². The minimum atomic E-state index is 0.320. The van der Waals surface area contributed by atoms with Crippen LogP contribution < -0.4 is 4.74 Å². The van der Waals surface area contributed by atoms with Crippen LogP contribution in [0.15, 0.2) is 29.0 Å². The number of hydrogen-bond acceptors (Lipinski definition) is 7. The molecule has 0 amide bonds. The second-order valence-electron chi connectivity index (χ2n) is 7.80. The first-order chi connectivity index (χ1) is 14.0. The highest BCUT2D eigenvalue weighted by molar-refractivity contribution is 5.44. The fourth-order valence-electron chi connectivity index (χ4n) is 3.84. The van der Waals surface area contributed by atoms with E-state index in [4.69, 9.17) is 9.26 Å². The Bertz CT molecular complexity index is 975. The Labute approximate surface area is 171 Å². The lowest BCUT2D eigenvalue weighted by Crippen LogP contribution is -2.33. The molecule has 0 atom stereocenters. The van der Waals surface area contributed by atoms with Crippen LogP contribution in [-0.4, -0.2) is 45.2 Å². The highest BCUT2D eigenvalue weighted by Crippen LogP contribution is 2.29. The van der Waals surface area contributed by atoms with Crippen molar-refractivity contribution < 1.29 is 9.26 Å². The van der Waals surface area contributed by atoms with Crippen molar-refractivity contribution in [2.24, 2.45) is 0 Å². The maximum atomic E-state index is 5.43. The summed E-state index contributed by atoms with van der Waals surface area (Å²) in [5.41, 5.74) is 5.31. The number of hydrogen-bond donors (Lipinski definition) is 0. The lowest BCUT2D eigenvalue weighted by molar-refractivity contribution is 0.200. The van der Waals surface area contributed by atoms with E-state index in [-0.39, 0.29) is 0 Å². The summed E-state index contributed by atoms with van der Waals surface area (Å²) in [5.74, 6) is 2.50. The lowest BCUT2D eigenvalue weighted by Gasteiger charge is -2.31. The van der Waals surface area contributed by atoms with Gasteiger partial charge < -0.3 is 9.26 Å². The number of benzene rings is 1. The van der Waals surface area contributed by atoms with E-state index in [2.05, 4.69) is 51.0 Å². The molecular formula is C22H27N5O2. The maximum absolute atomic E-state index is 5.43. The van der Waals surface area contributed by atoms with E-state index >= 15 is 0 Å². The predicted octanol–water partition coefficient (Wildman–Crippen LogP) is 3.84. The molecule has 0 aliphatic carbocycles. The number of piperidine rings is 1. The number of likely N-dealkylation sites (tertiary alicyclic amines) is 1. The van der Waals surface area contributed by atoms with E-state index in [1.54, 1.807) is 19.5 Å². The lowest BCUT2D eigenvalue weighted by atomic mass is 9.95. The van der Waals surface area contributed by atoms with Crippen LogP contribution in [0, 0.1) is 20.8 Å². The monoisotopic (exact) mass is 393 g/mol. The van der Waals surface area contributed by atoms with Gasteiger partial charge in [0.1, 0.15) is 11.4 Å². The van der Waals surface area contributed by atoms with Crippen molar-refractivity contribution in [2.45, 2.75) is 46.1 Å². The number of aromatic nitrogens is 4. The Morgan fingerprint density at radius 2 is 1.86 bits per heavy atom. The summed E-state index contributed by atoms with van der Waals surface area (Å²) in [6.45, 7) is 9.14. The molecule has 1 aromatic carbocycles. The molecule has 0 saturated carbocycles. The molecule has 3 heterocycles. The molecule has 152 valence electrons. The number of rotatable bonds is 5. The Kier molecular flexibility index (Phi) is 5.58. The van der Waals surface area contributed by atoms with Gasteiger partial charge in [-0.3, -0.25) is 9.88 Å². The van der Waals surface area contributed by atoms with Crippen molar-refractivity contribution in [2.75, 3.05) is 20.2 Å². The summed E-state index contributed by atoms with van der Waals surface area (Å²) in [5, 5.41) is 4.21. The van der Waals surface area contributed by atoms with Gasteiger partial charge in [0, 0.05) is 18.7 Å². The molecule has 1 saturated heterocycles. The first-order valence-electron chi connectivity index (χ1n) is 10.0. The Morgan fingerprint density at radius 1 is 1.07 bits per heavy atom. The SMILES string of the molecule is COc1cc(C)c(CN2CCC(c3noc(-c4cnc(C)cn4)n3)CC2)cc1C. The van der Waals surface area contributed by atoms with Gasteiger partial charge in [-0.1, -0.05) is 11.2 Å². The summed E-state index contributed by atoms with van der Waals surface area (Å²) in [6.07, 6.45) is 5.43. The molecule has 3 aromatic rings. The summed E-state index contributed by atoms with van der Waals surface area (Å²) >= 11 is 0. The van der Waals surface area contributed by atoms with E-state index in [0.717, 1.165) is 49.7 Å². The Balaban J connectivity index is 1.38. The predicted molar refractivity (Wildman–Crippen MR) is 110 cm³/mol. The zero-order valence-electron chi connectivity index (χ0n) is 17.5. The van der Waals surface area contributed by atoms with E-state index < -0.39 is 0 Å². The zero-order valence-corrected chi connectivity index (χ0v) is 17.5. The minimum absolute atomic E-state index is 0.320. The van der Waals surface area contributed by atoms with Crippen molar-refractivity contribution >= 4 is 0 Å². The van der Waals surface area contributed by atoms with E-state index in [1.807, 2.05) is 6.92 Å². The fourth-order valence-corrected chi connectivity index (χ4v) is 3.84. The number of aryl methyl sites for hydroxylation is 3. The summed E-state index contributed by atoms with van der Waals surface area (Å²) in [6, 6.07) is 4.38. The van der Waals surface area contributed by atoms with Gasteiger partial charge in [-0.2, -0.15) is 4.98 Å². The van der Waals surface area contributed by atoms with E-state index in [1.165, 1.54) is 16.7 Å². The molecule has 0 radical (unpaired) electrons. The molecule has 0 unspecified atom stereocenters. The molecule has 29 heavy (non-hydrogen) atoms. The van der Waals surface area contributed by atoms with Crippen LogP contribution in [-0.2, 0) is 6.54 Å². The minimum Gasteiger partial charge on any atom is -0.496 e. The highest BCUT2D eigenvalue weighted by atomic mass is 16.5. The Hall–Kier alpha value is -2.80. The van der Waals surface area contributed by atoms with Crippen molar-refractivity contribution in [3.8, 4) is 17.3 Å². The van der Waals surface area contributed by atoms with Crippen LogP contribution in [0.1, 0.15) is 47.0 Å². The summed E-state index contributed by atoms with van der Waals surface area (Å²) in [7, 11) is 1.72. The number of methoxy groups -OCH3 is 1. The fraction of sp³-hybridized carbons (Fsp3) is 0.455. The largest absolute Gasteiger partial charge is 0.496 e. The molecule has 0 bridgehead atoms. The molecular weight excluding hydrogens is 366 g/mol. The van der Waals surface area contributed by atoms with Crippen LogP contribution in [0.3, 0.4) is 0 Å². The quantitative estimate of drug-likeness (QED) is 0.652. The third-order valence-electron chi connectivity index (χ3n) is 5.64. The molecule has 7 nitrogen and oxygen atoms in total. The van der Waals surface area contributed by atoms with Crippen LogP contribution in [0.5, 0.6) is 5.75 Å². The first kappa shape index (κ1) is 19.5. The zero-order chi connectivity index (χ0) is 20.4. The van der Waals surface area contributed by atoms with Crippen LogP contribution in [0.25, 0.3) is 11.6 Å². The molecule has 0 N–H and O–H groups in total. The van der Waals surface area contributed by atoms with Crippen molar-refractivity contribution in [3.63, 3.8) is 0 Å². The molecule has 4 rings (SSSR count). The van der Waals surface area contributed by atoms with Crippen molar-refractivity contribution in [3.05, 3.63) is 52.7 Å². The van der Waals surface area contributed by atoms with E-state index in [0.29, 0.717) is 17.5 Å². The molecule has 1 aliphatic rings. The standard InChI is InChI=1S/C22H27N5O2/c1-14-10-20(28-4)15(2)9-18(14)13-27-7-5-17(6-8-27)21-25-22(29-26-21)19-12-23-16(3)11-24-19/h9-12,17H,5-8,13H2,1-4H3. The van der Waals surface area contributed by atoms with Gasteiger partial charge in [0.25, 0.3) is 5.89 Å². The third-order valence-corrected chi connectivity index (χ3v) is 5.64. The van der Waals surface area contributed by atoms with Gasteiger partial charge in [0.15, 0.2) is 5.82 Å². The van der Waals surface area contributed by atoms with Crippen LogP contribution in [0.2, 0.25) is 0 Å². The molecule has 7 heteroatoms. The topological polar surface area (TPSA) is 77.2 Å². The maximum Gasteiger partial charge on any atom is 0.278 e. The van der Waals surface area contributed by atoms with Gasteiger partial charge in [-0.25, -0.2) is 4.98 Å². The van der Waals surface area contributed by atoms with Gasteiger partial charge in [-0.15, -0.1) is 0 Å². The second kappa shape index (κ2) is 8.29. The molecule has 2 aromatic heterocycles. The van der Waals surface area contributed by atoms with Crippen LogP contribution >= 0.6 is 0 Å². The summed E-state index contributed by atoms with van der Waals surface area (Å²) in [4.78, 5) is 15.6. The Morgan fingerprint density at radius 3 is 2.55 bits per heavy atom. The third kappa shape index (κ3) is 4.29. The summed E-state index contributed by atoms with van der Waals surface area (Å²) < 4.78 is 10.9. The number of nitrogens with zero attached hydrogens (tertiary/aromatic N) is 5. The molecule has 0 spiro atoms.